The van der Waals surface area contributed by atoms with Crippen LogP contribution in [-0.4, -0.2) is 29.6 Å². The average molecular weight is 312 g/mol. The Kier molecular flexibility index (Phi) is 3.64. The van der Waals surface area contributed by atoms with Crippen LogP contribution in [0, 0.1) is 0 Å². The molecule has 0 aliphatic carbocycles. The van der Waals surface area contributed by atoms with Crippen LogP contribution >= 0.6 is 22.9 Å². The first-order valence-corrected chi connectivity index (χ1v) is 7.50. The predicted molar refractivity (Wildman–Crippen MR) is 80.2 cm³/mol. The summed E-state index contributed by atoms with van der Waals surface area (Å²) in [4.78, 5) is 16.6. The van der Waals surface area contributed by atoms with Gasteiger partial charge in [0.1, 0.15) is 5.54 Å². The molecular weight excluding hydrogens is 298 g/mol. The molecule has 1 fully saturated rings. The van der Waals surface area contributed by atoms with Crippen LogP contribution in [0.15, 0.2) is 18.2 Å². The molecule has 1 aromatic carbocycles. The van der Waals surface area contributed by atoms with E-state index < -0.39 is 5.54 Å². The van der Waals surface area contributed by atoms with Gasteiger partial charge in [-0.25, -0.2) is 4.98 Å². The number of hydrogen-bond donors (Lipinski definition) is 2. The minimum Gasteiger partial charge on any atom is -0.381 e. The molecule has 2 aromatic rings. The fourth-order valence-electron chi connectivity index (χ4n) is 2.14. The summed E-state index contributed by atoms with van der Waals surface area (Å²) in [7, 11) is 0. The van der Waals surface area contributed by atoms with E-state index in [1.54, 1.807) is 6.07 Å². The number of amides is 1. The highest BCUT2D eigenvalue weighted by Gasteiger charge is 2.36. The van der Waals surface area contributed by atoms with Crippen molar-refractivity contribution in [3.63, 3.8) is 0 Å². The molecule has 106 valence electrons. The molecule has 20 heavy (non-hydrogen) atoms. The quantitative estimate of drug-likeness (QED) is 0.893. The summed E-state index contributed by atoms with van der Waals surface area (Å²) in [5.41, 5.74) is 6.08. The van der Waals surface area contributed by atoms with Crippen molar-refractivity contribution in [3.8, 4) is 0 Å². The Bertz CT molecular complexity index is 652. The maximum Gasteiger partial charge on any atom is 0.246 e. The first-order valence-electron chi connectivity index (χ1n) is 6.31. The number of carbonyl (C=O) groups excluding carboxylic acids is 1. The number of nitrogens with one attached hydrogen (secondary N) is 1. The standard InChI is InChI=1S/C13H14ClN3O2S/c14-8-1-2-9-10(7-8)20-12(16-9)17-11(18)13(15)3-5-19-6-4-13/h1-2,7H,3-6,15H2,(H,16,17,18). The molecule has 1 aliphatic heterocycles. The van der Waals surface area contributed by atoms with Gasteiger partial charge in [-0.05, 0) is 31.0 Å². The topological polar surface area (TPSA) is 77.2 Å². The van der Waals surface area contributed by atoms with Gasteiger partial charge < -0.3 is 15.8 Å². The van der Waals surface area contributed by atoms with Crippen molar-refractivity contribution in [1.82, 2.24) is 4.98 Å². The number of benzene rings is 1. The van der Waals surface area contributed by atoms with Crippen LogP contribution in [0.5, 0.6) is 0 Å². The first-order chi connectivity index (χ1) is 9.57. The van der Waals surface area contributed by atoms with Crippen molar-refractivity contribution in [2.45, 2.75) is 18.4 Å². The molecule has 0 atom stereocenters. The van der Waals surface area contributed by atoms with Crippen LogP contribution in [0.4, 0.5) is 5.13 Å². The van der Waals surface area contributed by atoms with Gasteiger partial charge in [-0.3, -0.25) is 4.79 Å². The highest BCUT2D eigenvalue weighted by Crippen LogP contribution is 2.29. The third-order valence-corrected chi connectivity index (χ3v) is 4.58. The number of fused-ring (bicyclic) bond motifs is 1. The Hall–Kier alpha value is -1.21. The van der Waals surface area contributed by atoms with E-state index in [-0.39, 0.29) is 5.91 Å². The first kappa shape index (κ1) is 13.8. The van der Waals surface area contributed by atoms with E-state index in [9.17, 15) is 4.79 Å². The Morgan fingerprint density at radius 3 is 2.95 bits per heavy atom. The van der Waals surface area contributed by atoms with Crippen LogP contribution in [0.2, 0.25) is 5.02 Å². The zero-order chi connectivity index (χ0) is 14.2. The normalized spacial score (nSPS) is 18.1. The maximum absolute atomic E-state index is 12.3. The number of halogens is 1. The third-order valence-electron chi connectivity index (χ3n) is 3.41. The summed E-state index contributed by atoms with van der Waals surface area (Å²) in [6, 6.07) is 5.44. The number of hydrogen-bond acceptors (Lipinski definition) is 5. The second-order valence-corrected chi connectivity index (χ2v) is 6.32. The van der Waals surface area contributed by atoms with Gasteiger partial charge >= 0.3 is 0 Å². The van der Waals surface area contributed by atoms with Crippen LogP contribution < -0.4 is 11.1 Å². The van der Waals surface area contributed by atoms with Crippen molar-refractivity contribution < 1.29 is 9.53 Å². The van der Waals surface area contributed by atoms with Gasteiger partial charge in [0.2, 0.25) is 5.91 Å². The summed E-state index contributed by atoms with van der Waals surface area (Å²) in [5, 5.41) is 4.00. The largest absolute Gasteiger partial charge is 0.381 e. The monoisotopic (exact) mass is 311 g/mol. The van der Waals surface area contributed by atoms with Crippen molar-refractivity contribution in [2.75, 3.05) is 18.5 Å². The number of aromatic nitrogens is 1. The predicted octanol–water partition coefficient (Wildman–Crippen LogP) is 2.40. The Morgan fingerprint density at radius 1 is 1.45 bits per heavy atom. The number of nitrogens with zero attached hydrogens (tertiary/aromatic N) is 1. The Morgan fingerprint density at radius 2 is 2.20 bits per heavy atom. The summed E-state index contributed by atoms with van der Waals surface area (Å²) < 4.78 is 6.17. The minimum absolute atomic E-state index is 0.203. The Labute approximate surface area is 125 Å². The second kappa shape index (κ2) is 5.29. The third kappa shape index (κ3) is 2.64. The van der Waals surface area contributed by atoms with Gasteiger partial charge in [0.25, 0.3) is 0 Å². The maximum atomic E-state index is 12.3. The van der Waals surface area contributed by atoms with Crippen LogP contribution in [0.25, 0.3) is 10.2 Å². The number of nitrogens with two attached hydrogens (primary N) is 1. The molecule has 5 nitrogen and oxygen atoms in total. The molecule has 7 heteroatoms. The van der Waals surface area contributed by atoms with E-state index in [4.69, 9.17) is 22.1 Å². The van der Waals surface area contributed by atoms with E-state index in [0.29, 0.717) is 36.2 Å². The van der Waals surface area contributed by atoms with Gasteiger partial charge in [0, 0.05) is 18.2 Å². The van der Waals surface area contributed by atoms with Crippen molar-refractivity contribution in [3.05, 3.63) is 23.2 Å². The lowest BCUT2D eigenvalue weighted by molar-refractivity contribution is -0.124. The van der Waals surface area contributed by atoms with Crippen molar-refractivity contribution >= 4 is 44.2 Å². The van der Waals surface area contributed by atoms with Crippen molar-refractivity contribution in [1.29, 1.82) is 0 Å². The van der Waals surface area contributed by atoms with Crippen LogP contribution in [0.1, 0.15) is 12.8 Å². The van der Waals surface area contributed by atoms with E-state index >= 15 is 0 Å². The molecule has 1 amide bonds. The molecule has 3 N–H and O–H groups in total. The number of thiazole rings is 1. The summed E-state index contributed by atoms with van der Waals surface area (Å²) in [5.74, 6) is -0.203. The van der Waals surface area contributed by atoms with Gasteiger partial charge in [0.15, 0.2) is 5.13 Å². The highest BCUT2D eigenvalue weighted by atomic mass is 35.5. The van der Waals surface area contributed by atoms with Crippen molar-refractivity contribution in [2.24, 2.45) is 5.73 Å². The zero-order valence-corrected chi connectivity index (χ0v) is 12.3. The molecule has 2 heterocycles. The summed E-state index contributed by atoms with van der Waals surface area (Å²) in [6.07, 6.45) is 1.05. The van der Waals surface area contributed by atoms with E-state index in [1.165, 1.54) is 11.3 Å². The average Bonchev–Trinajstić information content (AvgIpc) is 2.81. The zero-order valence-electron chi connectivity index (χ0n) is 10.7. The molecule has 1 aromatic heterocycles. The fourth-order valence-corrected chi connectivity index (χ4v) is 3.27. The highest BCUT2D eigenvalue weighted by molar-refractivity contribution is 7.22. The lowest BCUT2D eigenvalue weighted by atomic mass is 9.90. The molecule has 3 rings (SSSR count). The van der Waals surface area contributed by atoms with E-state index in [0.717, 1.165) is 10.2 Å². The second-order valence-electron chi connectivity index (χ2n) is 4.85. The smallest absolute Gasteiger partial charge is 0.246 e. The van der Waals surface area contributed by atoms with Gasteiger partial charge in [0.05, 0.1) is 10.2 Å². The van der Waals surface area contributed by atoms with E-state index in [1.807, 2.05) is 12.1 Å². The molecule has 0 saturated carbocycles. The molecule has 0 unspecified atom stereocenters. The molecule has 0 radical (unpaired) electrons. The van der Waals surface area contributed by atoms with Gasteiger partial charge in [-0.1, -0.05) is 22.9 Å². The number of carbonyl (C=O) groups is 1. The van der Waals surface area contributed by atoms with E-state index in [2.05, 4.69) is 10.3 Å². The SMILES string of the molecule is NC1(C(=O)Nc2nc3ccc(Cl)cc3s2)CCOCC1. The minimum atomic E-state index is -0.867. The van der Waals surface area contributed by atoms with Gasteiger partial charge in [-0.2, -0.15) is 0 Å². The van der Waals surface area contributed by atoms with Gasteiger partial charge in [-0.15, -0.1) is 0 Å². The lowest BCUT2D eigenvalue weighted by Crippen LogP contribution is -2.54. The van der Waals surface area contributed by atoms with Crippen LogP contribution in [0.3, 0.4) is 0 Å². The number of anilines is 1. The lowest BCUT2D eigenvalue weighted by Gasteiger charge is -2.31. The summed E-state index contributed by atoms with van der Waals surface area (Å²) >= 11 is 7.32. The number of ether oxygens (including phenoxy) is 1. The summed E-state index contributed by atoms with van der Waals surface area (Å²) in [6.45, 7) is 1.03. The molecule has 0 bridgehead atoms. The Balaban J connectivity index is 1.80. The fraction of sp³-hybridized carbons (Fsp3) is 0.385. The number of rotatable bonds is 2. The molecular formula is C13H14ClN3O2S. The molecule has 1 aliphatic rings. The molecule has 0 spiro atoms. The van der Waals surface area contributed by atoms with Crippen LogP contribution in [-0.2, 0) is 9.53 Å². The molecule has 1 saturated heterocycles.